The van der Waals surface area contributed by atoms with Gasteiger partial charge < -0.3 is 23.7 Å². The summed E-state index contributed by atoms with van der Waals surface area (Å²) in [5.74, 6) is 0.0369. The first kappa shape index (κ1) is 36.8. The van der Waals surface area contributed by atoms with Crippen LogP contribution in [0.15, 0.2) is 0 Å². The van der Waals surface area contributed by atoms with E-state index in [1.165, 1.54) is 20.3 Å². The Labute approximate surface area is 292 Å². The molecule has 0 radical (unpaired) electrons. The Kier molecular flexibility index (Phi) is 8.27. The smallest absolute Gasteiger partial charge is 0.303 e. The standard InChI is InChI=1S/C40H68O7Si/c1-24(41)44-27-22-37(11)28-21-26(43)31-34(6,7)29(47-48(13,14)33(3,4)5)16-18-40(31)23-39(28,40)20-19-36(37,10)32(27)38(12)17-15-30(46-38)35(8,9)45-25(2)42/h26-32,43H,15-23H2,1-14H3/t26-,27-,28?,29-,30-,31?,32-,36+,37-,38+,39-,40+/m0/s1. The van der Waals surface area contributed by atoms with Crippen LogP contribution in [0.3, 0.4) is 0 Å². The molecule has 2 spiro atoms. The number of aliphatic hydroxyl groups is 1. The van der Waals surface area contributed by atoms with Gasteiger partial charge >= 0.3 is 11.9 Å². The highest BCUT2D eigenvalue weighted by Gasteiger charge is 2.85. The zero-order chi connectivity index (χ0) is 35.9. The van der Waals surface area contributed by atoms with E-state index in [2.05, 4.69) is 68.5 Å². The van der Waals surface area contributed by atoms with Crippen molar-refractivity contribution in [1.29, 1.82) is 0 Å². The minimum Gasteiger partial charge on any atom is -0.462 e. The molecule has 1 heterocycles. The van der Waals surface area contributed by atoms with E-state index in [-0.39, 0.29) is 80.3 Å². The third-order valence-electron chi connectivity index (χ3n) is 16.7. The van der Waals surface area contributed by atoms with Crippen molar-refractivity contribution in [2.75, 3.05) is 0 Å². The molecule has 2 unspecified atom stereocenters. The first-order valence-electron chi connectivity index (χ1n) is 19.1. The highest BCUT2D eigenvalue weighted by Crippen LogP contribution is 2.89. The third kappa shape index (κ3) is 4.93. The van der Waals surface area contributed by atoms with Crippen LogP contribution in [0.25, 0.3) is 0 Å². The first-order chi connectivity index (χ1) is 21.7. The van der Waals surface area contributed by atoms with Crippen LogP contribution in [0.2, 0.25) is 18.1 Å². The summed E-state index contributed by atoms with van der Waals surface area (Å²) >= 11 is 0. The molecule has 12 atom stereocenters. The fraction of sp³-hybridized carbons (Fsp3) is 0.950. The van der Waals surface area contributed by atoms with Gasteiger partial charge in [0.25, 0.3) is 0 Å². The molecule has 1 N–H and O–H groups in total. The number of ether oxygens (including phenoxy) is 3. The topological polar surface area (TPSA) is 91.3 Å². The lowest BCUT2D eigenvalue weighted by molar-refractivity contribution is -0.216. The maximum Gasteiger partial charge on any atom is 0.303 e. The Morgan fingerprint density at radius 2 is 1.48 bits per heavy atom. The van der Waals surface area contributed by atoms with Crippen molar-refractivity contribution < 1.29 is 33.3 Å². The van der Waals surface area contributed by atoms with Crippen LogP contribution < -0.4 is 0 Å². The lowest BCUT2D eigenvalue weighted by atomic mass is 9.41. The van der Waals surface area contributed by atoms with E-state index in [4.69, 9.17) is 18.6 Å². The predicted molar refractivity (Wildman–Crippen MR) is 190 cm³/mol. The number of hydrogen-bond donors (Lipinski definition) is 1. The van der Waals surface area contributed by atoms with Crippen molar-refractivity contribution in [3.63, 3.8) is 0 Å². The summed E-state index contributed by atoms with van der Waals surface area (Å²) in [6, 6.07) is 0. The second-order valence-electron chi connectivity index (χ2n) is 20.9. The predicted octanol–water partition coefficient (Wildman–Crippen LogP) is 8.61. The van der Waals surface area contributed by atoms with Gasteiger partial charge in [-0.2, -0.15) is 0 Å². The number of aliphatic hydroxyl groups excluding tert-OH is 1. The van der Waals surface area contributed by atoms with E-state index in [9.17, 15) is 14.7 Å². The van der Waals surface area contributed by atoms with Crippen molar-refractivity contribution in [2.24, 2.45) is 44.8 Å². The van der Waals surface area contributed by atoms with Gasteiger partial charge in [0.15, 0.2) is 8.32 Å². The van der Waals surface area contributed by atoms with Crippen LogP contribution >= 0.6 is 0 Å². The third-order valence-corrected chi connectivity index (χ3v) is 21.2. The van der Waals surface area contributed by atoms with E-state index >= 15 is 0 Å². The van der Waals surface area contributed by atoms with E-state index in [0.29, 0.717) is 5.92 Å². The largest absolute Gasteiger partial charge is 0.462 e. The molecule has 7 nitrogen and oxygen atoms in total. The van der Waals surface area contributed by atoms with Crippen molar-refractivity contribution in [3.8, 4) is 0 Å². The van der Waals surface area contributed by atoms with Crippen LogP contribution in [-0.2, 0) is 28.2 Å². The molecule has 6 rings (SSSR count). The normalized spacial score (nSPS) is 48.1. The van der Waals surface area contributed by atoms with Crippen LogP contribution in [0.1, 0.15) is 141 Å². The van der Waals surface area contributed by atoms with Crippen LogP contribution in [-0.4, -0.2) is 61.0 Å². The van der Waals surface area contributed by atoms with Crippen molar-refractivity contribution in [3.05, 3.63) is 0 Å². The Hall–Kier alpha value is -0.963. The quantitative estimate of drug-likeness (QED) is 0.221. The minimum absolute atomic E-state index is 0.00381. The molecule has 0 amide bonds. The van der Waals surface area contributed by atoms with Gasteiger partial charge in [0.05, 0.1) is 23.9 Å². The SMILES string of the molecule is CC(=O)O[C@H]1C[C@@]2(C)C3C[C@H](O)C4C(C)(C)[C@@H](O[Si](C)(C)C(C)(C)C)CC[C@@]45C[C@@]35CC[C@]2(C)[C@H]1[C@@]1(C)CC[C@@H](C(C)(C)OC(C)=O)O1. The fourth-order valence-corrected chi connectivity index (χ4v) is 15.1. The number of fused-ring (bicyclic) bond motifs is 2. The molecule has 5 saturated carbocycles. The van der Waals surface area contributed by atoms with Gasteiger partial charge in [-0.05, 0) is 136 Å². The summed E-state index contributed by atoms with van der Waals surface area (Å²) in [4.78, 5) is 24.7. The molecule has 6 fully saturated rings. The number of hydrogen-bond acceptors (Lipinski definition) is 7. The zero-order valence-electron chi connectivity index (χ0n) is 32.8. The number of carbonyl (C=O) groups is 2. The second-order valence-corrected chi connectivity index (χ2v) is 25.6. The van der Waals surface area contributed by atoms with Crippen LogP contribution in [0.4, 0.5) is 0 Å². The molecular formula is C40H68O7Si. The molecule has 6 aliphatic rings. The van der Waals surface area contributed by atoms with Gasteiger partial charge in [-0.3, -0.25) is 9.59 Å². The van der Waals surface area contributed by atoms with Crippen molar-refractivity contribution >= 4 is 20.3 Å². The molecule has 0 aromatic carbocycles. The minimum atomic E-state index is -1.98. The molecule has 48 heavy (non-hydrogen) atoms. The molecule has 0 bridgehead atoms. The molecule has 8 heteroatoms. The summed E-state index contributed by atoms with van der Waals surface area (Å²) in [5, 5.41) is 12.5. The van der Waals surface area contributed by atoms with E-state index in [1.807, 2.05) is 13.8 Å². The summed E-state index contributed by atoms with van der Waals surface area (Å²) < 4.78 is 26.3. The van der Waals surface area contributed by atoms with Crippen LogP contribution in [0, 0.1) is 44.8 Å². The molecule has 5 aliphatic carbocycles. The first-order valence-corrected chi connectivity index (χ1v) is 22.0. The maximum atomic E-state index is 12.7. The summed E-state index contributed by atoms with van der Waals surface area (Å²) in [7, 11) is -1.98. The highest BCUT2D eigenvalue weighted by molar-refractivity contribution is 6.74. The molecule has 0 aromatic rings. The van der Waals surface area contributed by atoms with Crippen molar-refractivity contribution in [1.82, 2.24) is 0 Å². The molecular weight excluding hydrogens is 621 g/mol. The van der Waals surface area contributed by atoms with E-state index in [0.717, 1.165) is 51.4 Å². The number of rotatable bonds is 6. The van der Waals surface area contributed by atoms with E-state index < -0.39 is 19.5 Å². The molecule has 1 saturated heterocycles. The Bertz CT molecular complexity index is 1330. The van der Waals surface area contributed by atoms with Crippen LogP contribution in [0.5, 0.6) is 0 Å². The number of esters is 2. The molecule has 274 valence electrons. The van der Waals surface area contributed by atoms with Gasteiger partial charge in [-0.1, -0.05) is 48.5 Å². The van der Waals surface area contributed by atoms with Gasteiger partial charge in [-0.25, -0.2) is 0 Å². The lowest BCUT2D eigenvalue weighted by Gasteiger charge is -2.65. The van der Waals surface area contributed by atoms with E-state index in [1.54, 1.807) is 0 Å². The van der Waals surface area contributed by atoms with Gasteiger partial charge in [0.1, 0.15) is 11.7 Å². The van der Waals surface area contributed by atoms with Gasteiger partial charge in [0, 0.05) is 19.8 Å². The zero-order valence-corrected chi connectivity index (χ0v) is 33.8. The Balaban J connectivity index is 1.33. The Morgan fingerprint density at radius 3 is 2.06 bits per heavy atom. The summed E-state index contributed by atoms with van der Waals surface area (Å²) in [6.45, 7) is 30.5. The average Bonchev–Trinajstić information content (AvgIpc) is 3.25. The maximum absolute atomic E-state index is 12.7. The summed E-state index contributed by atoms with van der Waals surface area (Å²) in [5.41, 5.74) is -1.32. The number of carbonyl (C=O) groups excluding carboxylic acids is 2. The highest BCUT2D eigenvalue weighted by atomic mass is 28.4. The summed E-state index contributed by atoms with van der Waals surface area (Å²) in [6.07, 6.45) is 8.10. The van der Waals surface area contributed by atoms with Gasteiger partial charge in [0.2, 0.25) is 0 Å². The molecule has 1 aliphatic heterocycles. The van der Waals surface area contributed by atoms with Crippen molar-refractivity contribution in [2.45, 2.75) is 195 Å². The van der Waals surface area contributed by atoms with Gasteiger partial charge in [-0.15, -0.1) is 0 Å². The average molecular weight is 689 g/mol. The monoisotopic (exact) mass is 688 g/mol. The Morgan fingerprint density at radius 1 is 0.833 bits per heavy atom. The fourth-order valence-electron chi connectivity index (χ4n) is 13.6. The second kappa shape index (κ2) is 10.8. The molecule has 0 aromatic heterocycles. The lowest BCUT2D eigenvalue weighted by Crippen LogP contribution is -2.63.